The van der Waals surface area contributed by atoms with Gasteiger partial charge < -0.3 is 9.88 Å². The third-order valence-electron chi connectivity index (χ3n) is 5.39. The van der Waals surface area contributed by atoms with Crippen molar-refractivity contribution >= 4 is 11.6 Å². The summed E-state index contributed by atoms with van der Waals surface area (Å²) < 4.78 is 29.4. The van der Waals surface area contributed by atoms with Crippen LogP contribution >= 0.6 is 0 Å². The largest absolute Gasteiger partial charge is 0.330 e. The number of imidazole rings is 1. The molecule has 4 rings (SSSR count). The van der Waals surface area contributed by atoms with E-state index in [-0.39, 0.29) is 17.6 Å². The molecule has 1 aliphatic rings. The van der Waals surface area contributed by atoms with E-state index in [0.717, 1.165) is 35.5 Å². The highest BCUT2D eigenvalue weighted by atomic mass is 19.1. The van der Waals surface area contributed by atoms with Crippen molar-refractivity contribution in [3.8, 4) is 0 Å². The molecule has 7 heteroatoms. The van der Waals surface area contributed by atoms with E-state index < -0.39 is 17.7 Å². The number of nitrogens with one attached hydrogen (secondary N) is 1. The predicted octanol–water partition coefficient (Wildman–Crippen LogP) is 4.48. The van der Waals surface area contributed by atoms with E-state index in [9.17, 15) is 13.6 Å². The van der Waals surface area contributed by atoms with Gasteiger partial charge in [0.15, 0.2) is 0 Å². The molecule has 2 heterocycles. The molecule has 0 bridgehead atoms. The third kappa shape index (κ3) is 3.98. The number of aromatic nitrogens is 2. The lowest BCUT2D eigenvalue weighted by molar-refractivity contribution is -0.122. The van der Waals surface area contributed by atoms with Gasteiger partial charge in [-0.3, -0.25) is 9.69 Å². The molecule has 2 aromatic carbocycles. The summed E-state index contributed by atoms with van der Waals surface area (Å²) in [6.45, 7) is 5.30. The number of hydrogen-bond acceptors (Lipinski definition) is 3. The Morgan fingerprint density at radius 1 is 1.20 bits per heavy atom. The van der Waals surface area contributed by atoms with E-state index in [2.05, 4.69) is 15.2 Å². The maximum Gasteiger partial charge on any atom is 0.248 e. The molecule has 30 heavy (non-hydrogen) atoms. The molecule has 1 N–H and O–H groups in total. The number of nitrogens with zero attached hydrogens (tertiary/aromatic N) is 3. The lowest BCUT2D eigenvalue weighted by Crippen LogP contribution is -2.43. The zero-order valence-corrected chi connectivity index (χ0v) is 17.0. The molecule has 0 saturated carbocycles. The highest BCUT2D eigenvalue weighted by molar-refractivity contribution is 5.95. The van der Waals surface area contributed by atoms with Gasteiger partial charge in [-0.15, -0.1) is 0 Å². The summed E-state index contributed by atoms with van der Waals surface area (Å²) in [6.07, 6.45) is 2.50. The molecule has 0 aliphatic carbocycles. The van der Waals surface area contributed by atoms with Crippen molar-refractivity contribution in [3.63, 3.8) is 0 Å². The number of fused-ring (bicyclic) bond motifs is 1. The average Bonchev–Trinajstić information content (AvgIpc) is 3.15. The van der Waals surface area contributed by atoms with Crippen LogP contribution in [0.1, 0.15) is 42.9 Å². The Balaban J connectivity index is 1.70. The summed E-state index contributed by atoms with van der Waals surface area (Å²) >= 11 is 0. The second-order valence-electron chi connectivity index (χ2n) is 7.80. The molecule has 0 fully saturated rings. The molecule has 1 atom stereocenters. The first kappa shape index (κ1) is 20.2. The predicted molar refractivity (Wildman–Crippen MR) is 111 cm³/mol. The van der Waals surface area contributed by atoms with Gasteiger partial charge in [0.25, 0.3) is 0 Å². The van der Waals surface area contributed by atoms with Crippen molar-refractivity contribution in [3.05, 3.63) is 83.4 Å². The van der Waals surface area contributed by atoms with Crippen LogP contribution in [0.5, 0.6) is 0 Å². The highest BCUT2D eigenvalue weighted by Crippen LogP contribution is 2.33. The first-order valence-electron chi connectivity index (χ1n) is 10.0. The molecule has 0 saturated heterocycles. The Bertz CT molecular complexity index is 1050. The van der Waals surface area contributed by atoms with Crippen molar-refractivity contribution < 1.29 is 13.6 Å². The van der Waals surface area contributed by atoms with Crippen LogP contribution in [0.4, 0.5) is 14.5 Å². The Morgan fingerprint density at radius 2 is 1.97 bits per heavy atom. The van der Waals surface area contributed by atoms with Gasteiger partial charge in [0.2, 0.25) is 5.91 Å². The van der Waals surface area contributed by atoms with E-state index in [1.165, 1.54) is 6.07 Å². The maximum atomic E-state index is 14.2. The van der Waals surface area contributed by atoms with Gasteiger partial charge in [0.05, 0.1) is 23.4 Å². The Kier molecular flexibility index (Phi) is 5.63. The number of benzene rings is 2. The van der Waals surface area contributed by atoms with Gasteiger partial charge in [-0.1, -0.05) is 30.3 Å². The fourth-order valence-corrected chi connectivity index (χ4v) is 3.93. The number of rotatable bonds is 5. The molecular weight excluding hydrogens is 386 g/mol. The van der Waals surface area contributed by atoms with Crippen molar-refractivity contribution in [2.45, 2.75) is 38.9 Å². The minimum atomic E-state index is -0.800. The summed E-state index contributed by atoms with van der Waals surface area (Å²) in [5.41, 5.74) is 2.76. The molecule has 3 aromatic rings. The summed E-state index contributed by atoms with van der Waals surface area (Å²) in [5.74, 6) is -1.85. The molecule has 1 amide bonds. The average molecular weight is 410 g/mol. The summed E-state index contributed by atoms with van der Waals surface area (Å²) in [4.78, 5) is 20.0. The number of amides is 1. The number of hydrogen-bond donors (Lipinski definition) is 1. The minimum Gasteiger partial charge on any atom is -0.330 e. The molecular formula is C23H24F2N4O. The highest BCUT2D eigenvalue weighted by Gasteiger charge is 2.37. The lowest BCUT2D eigenvalue weighted by Gasteiger charge is -2.36. The van der Waals surface area contributed by atoms with Gasteiger partial charge in [0.1, 0.15) is 17.7 Å². The van der Waals surface area contributed by atoms with Gasteiger partial charge in [0, 0.05) is 31.6 Å². The fraction of sp³-hybridized carbons (Fsp3) is 0.304. The summed E-state index contributed by atoms with van der Waals surface area (Å²) in [5, 5.41) is 2.66. The van der Waals surface area contributed by atoms with E-state index in [0.29, 0.717) is 13.1 Å². The van der Waals surface area contributed by atoms with E-state index in [1.807, 2.05) is 48.7 Å². The van der Waals surface area contributed by atoms with Crippen LogP contribution in [-0.4, -0.2) is 26.9 Å². The smallest absolute Gasteiger partial charge is 0.248 e. The van der Waals surface area contributed by atoms with E-state index in [4.69, 9.17) is 0 Å². The number of carbonyl (C=O) groups excluding carboxylic acids is 1. The maximum absolute atomic E-state index is 14.2. The third-order valence-corrected chi connectivity index (χ3v) is 5.39. The zero-order valence-electron chi connectivity index (χ0n) is 17.0. The van der Waals surface area contributed by atoms with E-state index in [1.54, 1.807) is 6.33 Å². The van der Waals surface area contributed by atoms with Gasteiger partial charge in [-0.2, -0.15) is 0 Å². The lowest BCUT2D eigenvalue weighted by atomic mass is 9.99. The fourth-order valence-electron chi connectivity index (χ4n) is 3.93. The molecule has 5 nitrogen and oxygen atoms in total. The van der Waals surface area contributed by atoms with Gasteiger partial charge >= 0.3 is 0 Å². The normalized spacial score (nSPS) is 16.5. The van der Waals surface area contributed by atoms with Crippen molar-refractivity contribution in [1.82, 2.24) is 14.5 Å². The molecule has 0 radical (unpaired) electrons. The number of anilines is 1. The summed E-state index contributed by atoms with van der Waals surface area (Å²) in [7, 11) is 0. The second-order valence-corrected chi connectivity index (χ2v) is 7.80. The Labute approximate surface area is 174 Å². The van der Waals surface area contributed by atoms with Crippen LogP contribution in [0.2, 0.25) is 0 Å². The van der Waals surface area contributed by atoms with Gasteiger partial charge in [-0.05, 0) is 31.5 Å². The minimum absolute atomic E-state index is 0.0382. The molecule has 1 aliphatic heterocycles. The standard InChI is InChI=1S/C23H24F2N4O/c1-15(2)29-14-26-20-10-11-28(13-16-6-4-3-5-7-16)22(21(20)29)23(30)27-19-9-8-17(24)12-18(19)25/h3-9,12,14-15,22H,10-11,13H2,1-2H3,(H,27,30)/t22-/m0/s1. The first-order valence-corrected chi connectivity index (χ1v) is 10.0. The van der Waals surface area contributed by atoms with Crippen molar-refractivity contribution in [1.29, 1.82) is 0 Å². The second kappa shape index (κ2) is 8.36. The molecule has 1 aromatic heterocycles. The monoisotopic (exact) mass is 410 g/mol. The molecule has 0 unspecified atom stereocenters. The Morgan fingerprint density at radius 3 is 2.67 bits per heavy atom. The number of carbonyl (C=O) groups is 1. The van der Waals surface area contributed by atoms with Crippen LogP contribution < -0.4 is 5.32 Å². The van der Waals surface area contributed by atoms with Crippen LogP contribution in [0, 0.1) is 11.6 Å². The summed E-state index contributed by atoms with van der Waals surface area (Å²) in [6, 6.07) is 12.5. The van der Waals surface area contributed by atoms with Gasteiger partial charge in [-0.25, -0.2) is 13.8 Å². The topological polar surface area (TPSA) is 50.2 Å². The van der Waals surface area contributed by atoms with Crippen LogP contribution in [0.3, 0.4) is 0 Å². The van der Waals surface area contributed by atoms with Crippen LogP contribution in [0.25, 0.3) is 0 Å². The zero-order chi connectivity index (χ0) is 21.3. The van der Waals surface area contributed by atoms with Crippen molar-refractivity contribution in [2.75, 3.05) is 11.9 Å². The quantitative estimate of drug-likeness (QED) is 0.675. The van der Waals surface area contributed by atoms with E-state index >= 15 is 0 Å². The molecule has 0 spiro atoms. The molecule has 156 valence electrons. The van der Waals surface area contributed by atoms with Crippen molar-refractivity contribution in [2.24, 2.45) is 0 Å². The first-order chi connectivity index (χ1) is 14.4. The SMILES string of the molecule is CC(C)n1cnc2c1[C@@H](C(=O)Nc1ccc(F)cc1F)N(Cc1ccccc1)CC2. The van der Waals surface area contributed by atoms with Crippen LogP contribution in [0.15, 0.2) is 54.9 Å². The van der Waals surface area contributed by atoms with Crippen LogP contribution in [-0.2, 0) is 17.8 Å². The Hall–Kier alpha value is -3.06. The number of halogens is 2.